The third kappa shape index (κ3) is 4.56. The lowest BCUT2D eigenvalue weighted by molar-refractivity contribution is -0.134. The molecule has 0 aliphatic heterocycles. The van der Waals surface area contributed by atoms with Crippen LogP contribution < -0.4 is 5.56 Å². The summed E-state index contributed by atoms with van der Waals surface area (Å²) >= 11 is 0. The van der Waals surface area contributed by atoms with Crippen LogP contribution in [0.15, 0.2) is 53.5 Å². The van der Waals surface area contributed by atoms with E-state index in [0.717, 1.165) is 31.2 Å². The number of carbonyl (C=O) groups is 1. The highest BCUT2D eigenvalue weighted by Gasteiger charge is 2.26. The van der Waals surface area contributed by atoms with Crippen molar-refractivity contribution >= 4 is 5.91 Å². The van der Waals surface area contributed by atoms with Gasteiger partial charge in [-0.2, -0.15) is 0 Å². The summed E-state index contributed by atoms with van der Waals surface area (Å²) in [6.07, 6.45) is 6.63. The van der Waals surface area contributed by atoms with E-state index >= 15 is 0 Å². The summed E-state index contributed by atoms with van der Waals surface area (Å²) in [4.78, 5) is 26.6. The van der Waals surface area contributed by atoms with Gasteiger partial charge < -0.3 is 9.47 Å². The molecule has 1 fully saturated rings. The van der Waals surface area contributed by atoms with Gasteiger partial charge in [0.1, 0.15) is 12.4 Å². The van der Waals surface area contributed by atoms with Crippen molar-refractivity contribution in [3.8, 4) is 0 Å². The molecule has 2 aromatic rings. The second-order valence-corrected chi connectivity index (χ2v) is 6.57. The van der Waals surface area contributed by atoms with Gasteiger partial charge in [-0.05, 0) is 43.0 Å². The quantitative estimate of drug-likeness (QED) is 0.810. The SMILES string of the molecule is O=C(Cn1ccccc1=O)N(CCc1ccc(F)cc1)C1CCCC1. The van der Waals surface area contributed by atoms with Crippen LogP contribution in [0.25, 0.3) is 0 Å². The van der Waals surface area contributed by atoms with Crippen molar-refractivity contribution in [1.82, 2.24) is 9.47 Å². The van der Waals surface area contributed by atoms with E-state index in [4.69, 9.17) is 0 Å². The number of amides is 1. The predicted octanol–water partition coefficient (Wildman–Crippen LogP) is 3.00. The van der Waals surface area contributed by atoms with Gasteiger partial charge in [0.2, 0.25) is 5.91 Å². The molecule has 0 spiro atoms. The molecule has 1 aromatic heterocycles. The summed E-state index contributed by atoms with van der Waals surface area (Å²) in [7, 11) is 0. The fourth-order valence-electron chi connectivity index (χ4n) is 3.46. The van der Waals surface area contributed by atoms with Crippen LogP contribution in [-0.4, -0.2) is 28.0 Å². The number of benzene rings is 1. The Balaban J connectivity index is 1.70. The maximum atomic E-state index is 13.0. The molecule has 5 heteroatoms. The standard InChI is InChI=1S/C20H23FN2O2/c21-17-10-8-16(9-11-17)12-14-23(18-5-1-2-6-18)20(25)15-22-13-4-3-7-19(22)24/h3-4,7-11,13,18H,1-2,5-6,12,14-15H2. The van der Waals surface area contributed by atoms with E-state index in [0.29, 0.717) is 13.0 Å². The van der Waals surface area contributed by atoms with Gasteiger partial charge in [0.05, 0.1) is 0 Å². The van der Waals surface area contributed by atoms with Crippen LogP contribution in [0, 0.1) is 5.82 Å². The van der Waals surface area contributed by atoms with E-state index < -0.39 is 0 Å². The summed E-state index contributed by atoms with van der Waals surface area (Å²) in [5.74, 6) is -0.279. The Morgan fingerprint density at radius 1 is 1.12 bits per heavy atom. The molecule has 0 saturated heterocycles. The number of hydrogen-bond acceptors (Lipinski definition) is 2. The second-order valence-electron chi connectivity index (χ2n) is 6.57. The van der Waals surface area contributed by atoms with Gasteiger partial charge in [-0.15, -0.1) is 0 Å². The number of rotatable bonds is 6. The first-order chi connectivity index (χ1) is 12.1. The number of carbonyl (C=O) groups excluding carboxylic acids is 1. The Kier molecular flexibility index (Phi) is 5.64. The molecule has 0 radical (unpaired) electrons. The Morgan fingerprint density at radius 3 is 2.52 bits per heavy atom. The Morgan fingerprint density at radius 2 is 1.84 bits per heavy atom. The van der Waals surface area contributed by atoms with Crippen LogP contribution in [0.4, 0.5) is 4.39 Å². The van der Waals surface area contributed by atoms with Crippen LogP contribution >= 0.6 is 0 Å². The minimum absolute atomic E-state index is 0.0256. The normalized spacial score (nSPS) is 14.6. The summed E-state index contributed by atoms with van der Waals surface area (Å²) < 4.78 is 14.5. The van der Waals surface area contributed by atoms with E-state index in [1.54, 1.807) is 30.5 Å². The minimum Gasteiger partial charge on any atom is -0.338 e. The molecule has 3 rings (SSSR count). The van der Waals surface area contributed by atoms with Crippen molar-refractivity contribution in [3.63, 3.8) is 0 Å². The number of aromatic nitrogens is 1. The summed E-state index contributed by atoms with van der Waals surface area (Å²) in [5.41, 5.74) is 0.842. The third-order valence-corrected chi connectivity index (χ3v) is 4.85. The van der Waals surface area contributed by atoms with Crippen LogP contribution in [0.5, 0.6) is 0 Å². The second kappa shape index (κ2) is 8.10. The Labute approximate surface area is 146 Å². The van der Waals surface area contributed by atoms with Crippen molar-refractivity contribution in [1.29, 1.82) is 0 Å². The zero-order valence-corrected chi connectivity index (χ0v) is 14.2. The average Bonchev–Trinajstić information content (AvgIpc) is 3.13. The van der Waals surface area contributed by atoms with Crippen molar-refractivity contribution in [3.05, 3.63) is 70.4 Å². The fourth-order valence-corrected chi connectivity index (χ4v) is 3.46. The summed E-state index contributed by atoms with van der Waals surface area (Å²) in [6.45, 7) is 0.663. The first kappa shape index (κ1) is 17.4. The number of nitrogens with zero attached hydrogens (tertiary/aromatic N) is 2. The Bertz CT molecular complexity index is 764. The molecule has 0 bridgehead atoms. The third-order valence-electron chi connectivity index (χ3n) is 4.85. The molecule has 1 aliphatic rings. The molecule has 1 amide bonds. The van der Waals surface area contributed by atoms with E-state index in [1.807, 2.05) is 4.90 Å². The highest BCUT2D eigenvalue weighted by atomic mass is 19.1. The molecule has 1 aromatic carbocycles. The highest BCUT2D eigenvalue weighted by Crippen LogP contribution is 2.24. The summed E-state index contributed by atoms with van der Waals surface area (Å²) in [6, 6.07) is 11.5. The number of pyridine rings is 1. The molecular weight excluding hydrogens is 319 g/mol. The van der Waals surface area contributed by atoms with E-state index in [2.05, 4.69) is 0 Å². The highest BCUT2D eigenvalue weighted by molar-refractivity contribution is 5.76. The van der Waals surface area contributed by atoms with Crippen LogP contribution in [0.3, 0.4) is 0 Å². The first-order valence-electron chi connectivity index (χ1n) is 8.83. The van der Waals surface area contributed by atoms with Crippen molar-refractivity contribution < 1.29 is 9.18 Å². The molecule has 1 heterocycles. The largest absolute Gasteiger partial charge is 0.338 e. The van der Waals surface area contributed by atoms with E-state index in [9.17, 15) is 14.0 Å². The van der Waals surface area contributed by atoms with Crippen molar-refractivity contribution in [2.75, 3.05) is 6.54 Å². The van der Waals surface area contributed by atoms with Crippen LogP contribution in [0.2, 0.25) is 0 Å². The van der Waals surface area contributed by atoms with Crippen molar-refractivity contribution in [2.24, 2.45) is 0 Å². The lowest BCUT2D eigenvalue weighted by atomic mass is 10.1. The van der Waals surface area contributed by atoms with Gasteiger partial charge in [-0.3, -0.25) is 9.59 Å². The molecule has 0 atom stereocenters. The van der Waals surface area contributed by atoms with Gasteiger partial charge in [-0.25, -0.2) is 4.39 Å². The van der Waals surface area contributed by atoms with Gasteiger partial charge in [0.15, 0.2) is 0 Å². The minimum atomic E-state index is -0.254. The molecule has 4 nitrogen and oxygen atoms in total. The predicted molar refractivity (Wildman–Crippen MR) is 94.8 cm³/mol. The van der Waals surface area contributed by atoms with Crippen molar-refractivity contribution in [2.45, 2.75) is 44.7 Å². The molecule has 0 N–H and O–H groups in total. The maximum Gasteiger partial charge on any atom is 0.250 e. The lowest BCUT2D eigenvalue weighted by Gasteiger charge is -2.29. The van der Waals surface area contributed by atoms with Gasteiger partial charge in [0.25, 0.3) is 5.56 Å². The van der Waals surface area contributed by atoms with Crippen LogP contribution in [-0.2, 0) is 17.8 Å². The van der Waals surface area contributed by atoms with Gasteiger partial charge >= 0.3 is 0 Å². The first-order valence-corrected chi connectivity index (χ1v) is 8.83. The smallest absolute Gasteiger partial charge is 0.250 e. The number of halogens is 1. The Hall–Kier alpha value is -2.43. The average molecular weight is 342 g/mol. The molecule has 0 unspecified atom stereocenters. The molecule has 1 aliphatic carbocycles. The fraction of sp³-hybridized carbons (Fsp3) is 0.400. The van der Waals surface area contributed by atoms with Gasteiger partial charge in [-0.1, -0.05) is 31.0 Å². The lowest BCUT2D eigenvalue weighted by Crippen LogP contribution is -2.43. The van der Waals surface area contributed by atoms with E-state index in [1.165, 1.54) is 22.8 Å². The topological polar surface area (TPSA) is 42.3 Å². The number of hydrogen-bond donors (Lipinski definition) is 0. The molecular formula is C20H23FN2O2. The van der Waals surface area contributed by atoms with Gasteiger partial charge in [0, 0.05) is 24.8 Å². The monoisotopic (exact) mass is 342 g/mol. The molecule has 1 saturated carbocycles. The summed E-state index contributed by atoms with van der Waals surface area (Å²) in [5, 5.41) is 0. The zero-order chi connectivity index (χ0) is 17.6. The molecule has 132 valence electrons. The van der Waals surface area contributed by atoms with Crippen LogP contribution in [0.1, 0.15) is 31.2 Å². The molecule has 25 heavy (non-hydrogen) atoms. The zero-order valence-electron chi connectivity index (χ0n) is 14.2. The maximum absolute atomic E-state index is 13.0. The van der Waals surface area contributed by atoms with E-state index in [-0.39, 0.29) is 29.9 Å².